The van der Waals surface area contributed by atoms with Gasteiger partial charge in [-0.25, -0.2) is 8.42 Å². The molecular formula is C19H16N4O3S. The first kappa shape index (κ1) is 18.4. The minimum absolute atomic E-state index is 0.253. The van der Waals surface area contributed by atoms with Crippen LogP contribution in [0.15, 0.2) is 60.8 Å². The smallest absolute Gasteiger partial charge is 0.245 e. The highest BCUT2D eigenvalue weighted by atomic mass is 32.2. The minimum atomic E-state index is -3.73. The van der Waals surface area contributed by atoms with Gasteiger partial charge in [0.15, 0.2) is 0 Å². The van der Waals surface area contributed by atoms with E-state index < -0.39 is 22.5 Å². The van der Waals surface area contributed by atoms with E-state index in [0.717, 1.165) is 15.9 Å². The largest absolute Gasteiger partial charge is 0.323 e. The number of nitriles is 1. The molecule has 2 aromatic carbocycles. The molecule has 0 aliphatic carbocycles. The molecule has 136 valence electrons. The van der Waals surface area contributed by atoms with Gasteiger partial charge in [0, 0.05) is 11.6 Å². The lowest BCUT2D eigenvalue weighted by atomic mass is 10.2. The van der Waals surface area contributed by atoms with Crippen molar-refractivity contribution in [1.82, 2.24) is 4.98 Å². The van der Waals surface area contributed by atoms with Crippen molar-refractivity contribution in [1.29, 1.82) is 5.26 Å². The Morgan fingerprint density at radius 2 is 1.93 bits per heavy atom. The summed E-state index contributed by atoms with van der Waals surface area (Å²) in [5.41, 5.74) is 1.67. The maximum atomic E-state index is 12.5. The van der Waals surface area contributed by atoms with E-state index >= 15 is 0 Å². The van der Waals surface area contributed by atoms with Gasteiger partial charge < -0.3 is 5.32 Å². The lowest BCUT2D eigenvalue weighted by Gasteiger charge is -2.22. The highest BCUT2D eigenvalue weighted by molar-refractivity contribution is 7.92. The molecule has 1 heterocycles. The molecule has 1 aromatic heterocycles. The summed E-state index contributed by atoms with van der Waals surface area (Å²) < 4.78 is 25.3. The van der Waals surface area contributed by atoms with Crippen LogP contribution in [0.5, 0.6) is 0 Å². The molecule has 0 saturated carbocycles. The number of hydrogen-bond acceptors (Lipinski definition) is 5. The average molecular weight is 380 g/mol. The number of carbonyl (C=O) groups is 1. The number of sulfonamides is 1. The molecule has 0 aliphatic rings. The van der Waals surface area contributed by atoms with E-state index in [1.54, 1.807) is 36.5 Å². The van der Waals surface area contributed by atoms with Gasteiger partial charge in [0.05, 0.1) is 34.8 Å². The van der Waals surface area contributed by atoms with Crippen LogP contribution in [0.4, 0.5) is 11.4 Å². The van der Waals surface area contributed by atoms with Gasteiger partial charge >= 0.3 is 0 Å². The highest BCUT2D eigenvalue weighted by Gasteiger charge is 2.21. The summed E-state index contributed by atoms with van der Waals surface area (Å²) in [7, 11) is -3.73. The molecule has 0 fully saturated rings. The van der Waals surface area contributed by atoms with E-state index in [1.165, 1.54) is 12.1 Å². The lowest BCUT2D eigenvalue weighted by Crippen LogP contribution is -2.37. The number of hydrogen-bond donors (Lipinski definition) is 1. The number of fused-ring (bicyclic) bond motifs is 1. The zero-order valence-corrected chi connectivity index (χ0v) is 15.3. The predicted octanol–water partition coefficient (Wildman–Crippen LogP) is 2.51. The molecule has 1 amide bonds. The summed E-state index contributed by atoms with van der Waals surface area (Å²) in [5, 5.41) is 12.6. The van der Waals surface area contributed by atoms with Crippen LogP contribution in [-0.2, 0) is 14.8 Å². The van der Waals surface area contributed by atoms with Crippen LogP contribution in [0.3, 0.4) is 0 Å². The van der Waals surface area contributed by atoms with E-state index in [2.05, 4.69) is 10.3 Å². The zero-order chi connectivity index (χ0) is 19.4. The highest BCUT2D eigenvalue weighted by Crippen LogP contribution is 2.22. The first-order chi connectivity index (χ1) is 12.9. The van der Waals surface area contributed by atoms with Gasteiger partial charge in [0.25, 0.3) is 0 Å². The standard InChI is InChI=1S/C19H16N4O3S/c1-27(25,26)23(16-8-2-5-14(11-16)12-20)13-18(24)22-17-9-3-6-15-7-4-10-21-19(15)17/h2-11H,13H2,1H3,(H,22,24). The first-order valence-corrected chi connectivity index (χ1v) is 9.85. The number of nitrogens with one attached hydrogen (secondary N) is 1. The normalized spacial score (nSPS) is 11.0. The Labute approximate surface area is 156 Å². The average Bonchev–Trinajstić information content (AvgIpc) is 2.65. The molecule has 1 N–H and O–H groups in total. The Balaban J connectivity index is 1.88. The van der Waals surface area contributed by atoms with Gasteiger partial charge in [-0.2, -0.15) is 5.26 Å². The third kappa shape index (κ3) is 4.22. The quantitative estimate of drug-likeness (QED) is 0.732. The molecule has 3 aromatic rings. The van der Waals surface area contributed by atoms with E-state index in [1.807, 2.05) is 18.2 Å². The zero-order valence-electron chi connectivity index (χ0n) is 14.5. The van der Waals surface area contributed by atoms with Gasteiger partial charge in [-0.1, -0.05) is 24.3 Å². The molecule has 0 unspecified atom stereocenters. The third-order valence-corrected chi connectivity index (χ3v) is 5.00. The van der Waals surface area contributed by atoms with Gasteiger partial charge in [-0.15, -0.1) is 0 Å². The Hall–Kier alpha value is -3.44. The van der Waals surface area contributed by atoms with Crippen LogP contribution < -0.4 is 9.62 Å². The Kier molecular flexibility index (Phi) is 5.05. The van der Waals surface area contributed by atoms with Crippen molar-refractivity contribution in [2.24, 2.45) is 0 Å². The fourth-order valence-corrected chi connectivity index (χ4v) is 3.50. The number of aromatic nitrogens is 1. The molecule has 0 aliphatic heterocycles. The first-order valence-electron chi connectivity index (χ1n) is 8.00. The van der Waals surface area contributed by atoms with E-state index in [-0.39, 0.29) is 5.69 Å². The molecule has 0 saturated heterocycles. The second kappa shape index (κ2) is 7.43. The topological polar surface area (TPSA) is 103 Å². The minimum Gasteiger partial charge on any atom is -0.323 e. The fraction of sp³-hybridized carbons (Fsp3) is 0.105. The summed E-state index contributed by atoms with van der Waals surface area (Å²) in [6.07, 6.45) is 2.63. The van der Waals surface area contributed by atoms with Crippen molar-refractivity contribution in [2.75, 3.05) is 22.4 Å². The predicted molar refractivity (Wildman–Crippen MR) is 104 cm³/mol. The number of rotatable bonds is 5. The summed E-state index contributed by atoms with van der Waals surface area (Å²) >= 11 is 0. The van der Waals surface area contributed by atoms with Gasteiger partial charge in [-0.3, -0.25) is 14.1 Å². The van der Waals surface area contributed by atoms with E-state index in [4.69, 9.17) is 5.26 Å². The van der Waals surface area contributed by atoms with Crippen LogP contribution in [0, 0.1) is 11.3 Å². The molecule has 8 heteroatoms. The van der Waals surface area contributed by atoms with Crippen molar-refractivity contribution in [3.63, 3.8) is 0 Å². The van der Waals surface area contributed by atoms with Gasteiger partial charge in [-0.05, 0) is 30.3 Å². The Morgan fingerprint density at radius 1 is 1.19 bits per heavy atom. The maximum Gasteiger partial charge on any atom is 0.245 e. The molecular weight excluding hydrogens is 364 g/mol. The summed E-state index contributed by atoms with van der Waals surface area (Å²) in [4.78, 5) is 16.8. The summed E-state index contributed by atoms with van der Waals surface area (Å²) in [6, 6.07) is 17.1. The fourth-order valence-electron chi connectivity index (χ4n) is 2.66. The van der Waals surface area contributed by atoms with Crippen molar-refractivity contribution in [2.45, 2.75) is 0 Å². The van der Waals surface area contributed by atoms with Crippen LogP contribution in [-0.4, -0.2) is 32.1 Å². The number of benzene rings is 2. The Morgan fingerprint density at radius 3 is 2.67 bits per heavy atom. The SMILES string of the molecule is CS(=O)(=O)N(CC(=O)Nc1cccc2cccnc12)c1cccc(C#N)c1. The molecule has 7 nitrogen and oxygen atoms in total. The number of pyridine rings is 1. The number of nitrogens with zero attached hydrogens (tertiary/aromatic N) is 3. The number of anilines is 2. The van der Waals surface area contributed by atoms with Crippen LogP contribution in [0.2, 0.25) is 0 Å². The maximum absolute atomic E-state index is 12.5. The third-order valence-electron chi connectivity index (χ3n) is 3.86. The summed E-state index contributed by atoms with van der Waals surface area (Å²) in [6.45, 7) is -0.420. The molecule has 0 bridgehead atoms. The number of amides is 1. The molecule has 27 heavy (non-hydrogen) atoms. The molecule has 0 atom stereocenters. The second-order valence-electron chi connectivity index (χ2n) is 5.86. The van der Waals surface area contributed by atoms with Crippen molar-refractivity contribution in [3.8, 4) is 6.07 Å². The molecule has 0 radical (unpaired) electrons. The molecule has 0 spiro atoms. The Bertz CT molecular complexity index is 1150. The van der Waals surface area contributed by atoms with Crippen LogP contribution in [0.1, 0.15) is 5.56 Å². The van der Waals surface area contributed by atoms with Crippen molar-refractivity contribution >= 4 is 38.2 Å². The van der Waals surface area contributed by atoms with E-state index in [0.29, 0.717) is 16.8 Å². The van der Waals surface area contributed by atoms with Crippen LogP contribution in [0.25, 0.3) is 10.9 Å². The van der Waals surface area contributed by atoms with E-state index in [9.17, 15) is 13.2 Å². The van der Waals surface area contributed by atoms with Crippen LogP contribution >= 0.6 is 0 Å². The summed E-state index contributed by atoms with van der Waals surface area (Å²) in [5.74, 6) is -0.513. The molecule has 3 rings (SSSR count). The second-order valence-corrected chi connectivity index (χ2v) is 7.77. The number of para-hydroxylation sites is 1. The lowest BCUT2D eigenvalue weighted by molar-refractivity contribution is -0.114. The van der Waals surface area contributed by atoms with Crippen molar-refractivity contribution in [3.05, 3.63) is 66.4 Å². The monoisotopic (exact) mass is 380 g/mol. The van der Waals surface area contributed by atoms with Gasteiger partial charge in [0.2, 0.25) is 15.9 Å². The number of carbonyl (C=O) groups excluding carboxylic acids is 1. The van der Waals surface area contributed by atoms with Crippen molar-refractivity contribution < 1.29 is 13.2 Å². The van der Waals surface area contributed by atoms with Gasteiger partial charge in [0.1, 0.15) is 6.54 Å².